The SMILES string of the molecule is Cc1cnc(SCC(N)c2ccc(C)c(C)c2)nc1. The van der Waals surface area contributed by atoms with E-state index in [0.717, 1.165) is 16.5 Å². The molecular formula is C15H19N3S. The number of nitrogens with two attached hydrogens (primary N) is 1. The lowest BCUT2D eigenvalue weighted by Gasteiger charge is -2.12. The molecule has 1 heterocycles. The van der Waals surface area contributed by atoms with Crippen molar-refractivity contribution in [2.45, 2.75) is 32.0 Å². The van der Waals surface area contributed by atoms with Crippen LogP contribution < -0.4 is 5.73 Å². The van der Waals surface area contributed by atoms with Crippen molar-refractivity contribution in [3.05, 3.63) is 52.8 Å². The molecule has 0 saturated carbocycles. The van der Waals surface area contributed by atoms with Crippen LogP contribution in [0.25, 0.3) is 0 Å². The second-order valence-corrected chi connectivity index (χ2v) is 5.79. The van der Waals surface area contributed by atoms with Crippen molar-refractivity contribution in [1.29, 1.82) is 0 Å². The van der Waals surface area contributed by atoms with Gasteiger partial charge in [-0.25, -0.2) is 9.97 Å². The summed E-state index contributed by atoms with van der Waals surface area (Å²) >= 11 is 1.59. The van der Waals surface area contributed by atoms with Crippen LogP contribution in [0.1, 0.15) is 28.3 Å². The Balaban J connectivity index is 1.98. The molecule has 2 rings (SSSR count). The zero-order valence-corrected chi connectivity index (χ0v) is 12.4. The van der Waals surface area contributed by atoms with E-state index in [2.05, 4.69) is 42.0 Å². The minimum absolute atomic E-state index is 0.00852. The topological polar surface area (TPSA) is 51.8 Å². The van der Waals surface area contributed by atoms with E-state index in [1.54, 1.807) is 11.8 Å². The molecule has 4 heteroatoms. The van der Waals surface area contributed by atoms with E-state index in [4.69, 9.17) is 5.73 Å². The van der Waals surface area contributed by atoms with Crippen LogP contribution in [-0.4, -0.2) is 15.7 Å². The Morgan fingerprint density at radius 2 is 1.79 bits per heavy atom. The molecular weight excluding hydrogens is 254 g/mol. The minimum atomic E-state index is 0.00852. The Labute approximate surface area is 118 Å². The van der Waals surface area contributed by atoms with E-state index in [-0.39, 0.29) is 6.04 Å². The van der Waals surface area contributed by atoms with Crippen LogP contribution in [0.3, 0.4) is 0 Å². The first-order valence-corrected chi connectivity index (χ1v) is 7.29. The van der Waals surface area contributed by atoms with E-state index in [1.807, 2.05) is 19.3 Å². The average Bonchev–Trinajstić information content (AvgIpc) is 2.41. The first-order valence-electron chi connectivity index (χ1n) is 6.30. The highest BCUT2D eigenvalue weighted by Gasteiger charge is 2.08. The lowest BCUT2D eigenvalue weighted by atomic mass is 10.0. The first kappa shape index (κ1) is 14.0. The molecule has 0 saturated heterocycles. The zero-order chi connectivity index (χ0) is 13.8. The summed E-state index contributed by atoms with van der Waals surface area (Å²) in [5.41, 5.74) is 11.0. The van der Waals surface area contributed by atoms with E-state index in [0.29, 0.717) is 0 Å². The van der Waals surface area contributed by atoms with E-state index in [1.165, 1.54) is 16.7 Å². The third-order valence-corrected chi connectivity index (χ3v) is 4.10. The zero-order valence-electron chi connectivity index (χ0n) is 11.6. The largest absolute Gasteiger partial charge is 0.323 e. The molecule has 1 aromatic carbocycles. The molecule has 100 valence electrons. The number of benzene rings is 1. The second-order valence-electron chi connectivity index (χ2n) is 4.80. The quantitative estimate of drug-likeness (QED) is 0.686. The van der Waals surface area contributed by atoms with Crippen molar-refractivity contribution in [3.63, 3.8) is 0 Å². The molecule has 3 nitrogen and oxygen atoms in total. The average molecular weight is 273 g/mol. The fourth-order valence-electron chi connectivity index (χ4n) is 1.71. The highest BCUT2D eigenvalue weighted by molar-refractivity contribution is 7.99. The maximum Gasteiger partial charge on any atom is 0.187 e. The van der Waals surface area contributed by atoms with Crippen LogP contribution in [0.5, 0.6) is 0 Å². The summed E-state index contributed by atoms with van der Waals surface area (Å²) in [6.45, 7) is 6.20. The normalized spacial score (nSPS) is 12.4. The fourth-order valence-corrected chi connectivity index (χ4v) is 2.49. The lowest BCUT2D eigenvalue weighted by Crippen LogP contribution is -2.13. The number of hydrogen-bond acceptors (Lipinski definition) is 4. The Hall–Kier alpha value is -1.39. The number of hydrogen-bond donors (Lipinski definition) is 1. The molecule has 0 radical (unpaired) electrons. The summed E-state index contributed by atoms with van der Waals surface area (Å²) < 4.78 is 0. The fraction of sp³-hybridized carbons (Fsp3) is 0.333. The van der Waals surface area contributed by atoms with Gasteiger partial charge in [-0.05, 0) is 43.0 Å². The molecule has 2 N–H and O–H groups in total. The standard InChI is InChI=1S/C15H19N3S/c1-10-7-17-15(18-8-10)19-9-14(16)13-5-4-11(2)12(3)6-13/h4-8,14H,9,16H2,1-3H3. The van der Waals surface area contributed by atoms with Crippen LogP contribution in [-0.2, 0) is 0 Å². The summed E-state index contributed by atoms with van der Waals surface area (Å²) in [7, 11) is 0. The van der Waals surface area contributed by atoms with Crippen molar-refractivity contribution in [2.75, 3.05) is 5.75 Å². The second kappa shape index (κ2) is 6.17. The van der Waals surface area contributed by atoms with Gasteiger partial charge in [-0.15, -0.1) is 0 Å². The molecule has 1 aromatic heterocycles. The van der Waals surface area contributed by atoms with Gasteiger partial charge in [0.25, 0.3) is 0 Å². The van der Waals surface area contributed by atoms with Crippen LogP contribution in [0, 0.1) is 20.8 Å². The van der Waals surface area contributed by atoms with Crippen molar-refractivity contribution in [3.8, 4) is 0 Å². The van der Waals surface area contributed by atoms with Crippen molar-refractivity contribution < 1.29 is 0 Å². The molecule has 0 amide bonds. The first-order chi connectivity index (χ1) is 9.06. The number of nitrogens with zero attached hydrogens (tertiary/aromatic N) is 2. The number of thioether (sulfide) groups is 1. The van der Waals surface area contributed by atoms with Crippen LogP contribution >= 0.6 is 11.8 Å². The Bertz CT molecular complexity index is 552. The molecule has 0 bridgehead atoms. The molecule has 19 heavy (non-hydrogen) atoms. The maximum absolute atomic E-state index is 6.22. The van der Waals surface area contributed by atoms with Crippen molar-refractivity contribution in [1.82, 2.24) is 9.97 Å². The molecule has 1 unspecified atom stereocenters. The van der Waals surface area contributed by atoms with Crippen molar-refractivity contribution >= 4 is 11.8 Å². The lowest BCUT2D eigenvalue weighted by molar-refractivity contribution is 0.824. The van der Waals surface area contributed by atoms with Gasteiger partial charge in [-0.1, -0.05) is 30.0 Å². The number of rotatable bonds is 4. The molecule has 0 aliphatic rings. The molecule has 1 atom stereocenters. The van der Waals surface area contributed by atoms with Gasteiger partial charge in [0.15, 0.2) is 5.16 Å². The van der Waals surface area contributed by atoms with E-state index >= 15 is 0 Å². The number of aryl methyl sites for hydroxylation is 3. The summed E-state index contributed by atoms with van der Waals surface area (Å²) in [6.07, 6.45) is 3.66. The molecule has 0 aliphatic heterocycles. The van der Waals surface area contributed by atoms with Gasteiger partial charge in [0.1, 0.15) is 0 Å². The summed E-state index contributed by atoms with van der Waals surface area (Å²) in [4.78, 5) is 8.54. The van der Waals surface area contributed by atoms with Crippen LogP contribution in [0.4, 0.5) is 0 Å². The van der Waals surface area contributed by atoms with Gasteiger partial charge in [-0.3, -0.25) is 0 Å². The van der Waals surface area contributed by atoms with Gasteiger partial charge >= 0.3 is 0 Å². The van der Waals surface area contributed by atoms with E-state index < -0.39 is 0 Å². The highest BCUT2D eigenvalue weighted by Crippen LogP contribution is 2.22. The third kappa shape index (κ3) is 3.78. The molecule has 0 aliphatic carbocycles. The maximum atomic E-state index is 6.22. The van der Waals surface area contributed by atoms with E-state index in [9.17, 15) is 0 Å². The summed E-state index contributed by atoms with van der Waals surface area (Å²) in [6, 6.07) is 6.40. The highest BCUT2D eigenvalue weighted by atomic mass is 32.2. The predicted molar refractivity (Wildman–Crippen MR) is 80.3 cm³/mol. The molecule has 0 spiro atoms. The Kier molecular flexibility index (Phi) is 4.56. The third-order valence-electron chi connectivity index (χ3n) is 3.11. The molecule has 0 fully saturated rings. The van der Waals surface area contributed by atoms with Gasteiger partial charge in [0, 0.05) is 24.2 Å². The number of aromatic nitrogens is 2. The monoisotopic (exact) mass is 273 g/mol. The van der Waals surface area contributed by atoms with Gasteiger partial charge in [0.2, 0.25) is 0 Å². The van der Waals surface area contributed by atoms with Crippen LogP contribution in [0.2, 0.25) is 0 Å². The predicted octanol–water partition coefficient (Wildman–Crippen LogP) is 3.19. The van der Waals surface area contributed by atoms with Crippen LogP contribution in [0.15, 0.2) is 35.7 Å². The minimum Gasteiger partial charge on any atom is -0.323 e. The smallest absolute Gasteiger partial charge is 0.187 e. The van der Waals surface area contributed by atoms with Crippen molar-refractivity contribution in [2.24, 2.45) is 5.73 Å². The molecule has 2 aromatic rings. The summed E-state index contributed by atoms with van der Waals surface area (Å²) in [5, 5.41) is 0.782. The Morgan fingerprint density at radius 1 is 1.11 bits per heavy atom. The Morgan fingerprint density at radius 3 is 2.42 bits per heavy atom. The van der Waals surface area contributed by atoms with Gasteiger partial charge < -0.3 is 5.73 Å². The summed E-state index contributed by atoms with van der Waals surface area (Å²) in [5.74, 6) is 0.783. The van der Waals surface area contributed by atoms with Gasteiger partial charge in [-0.2, -0.15) is 0 Å². The van der Waals surface area contributed by atoms with Gasteiger partial charge in [0.05, 0.1) is 0 Å².